The first-order valence-electron chi connectivity index (χ1n) is 2.80. The SMILES string of the molecule is CC(N)c1ccc(F)[nH]1. The number of nitrogens with two attached hydrogens (primary N) is 1. The summed E-state index contributed by atoms with van der Waals surface area (Å²) < 4.78 is 12.2. The van der Waals surface area contributed by atoms with Gasteiger partial charge in [0.1, 0.15) is 0 Å². The van der Waals surface area contributed by atoms with Crippen LogP contribution >= 0.6 is 0 Å². The Hall–Kier alpha value is -0.830. The largest absolute Gasteiger partial charge is 0.334 e. The first-order valence-corrected chi connectivity index (χ1v) is 2.80. The monoisotopic (exact) mass is 128 g/mol. The zero-order valence-electron chi connectivity index (χ0n) is 5.19. The molecular weight excluding hydrogens is 119 g/mol. The Balaban J connectivity index is 2.85. The molecule has 1 aromatic rings. The number of rotatable bonds is 1. The molecule has 0 aromatic carbocycles. The molecule has 1 atom stereocenters. The minimum absolute atomic E-state index is 0.116. The smallest absolute Gasteiger partial charge is 0.191 e. The van der Waals surface area contributed by atoms with Crippen molar-refractivity contribution >= 4 is 0 Å². The molecule has 2 nitrogen and oxygen atoms in total. The lowest BCUT2D eigenvalue weighted by Crippen LogP contribution is -2.04. The molecule has 1 rings (SSSR count). The van der Waals surface area contributed by atoms with Gasteiger partial charge in [-0.15, -0.1) is 0 Å². The van der Waals surface area contributed by atoms with Crippen molar-refractivity contribution < 1.29 is 4.39 Å². The highest BCUT2D eigenvalue weighted by Crippen LogP contribution is 2.06. The van der Waals surface area contributed by atoms with Gasteiger partial charge in [-0.25, -0.2) is 0 Å². The second kappa shape index (κ2) is 2.19. The van der Waals surface area contributed by atoms with Gasteiger partial charge in [0.15, 0.2) is 5.95 Å². The van der Waals surface area contributed by atoms with E-state index in [1.165, 1.54) is 6.07 Å². The molecule has 0 amide bonds. The van der Waals surface area contributed by atoms with Crippen molar-refractivity contribution in [1.82, 2.24) is 4.98 Å². The molecule has 0 radical (unpaired) electrons. The van der Waals surface area contributed by atoms with E-state index >= 15 is 0 Å². The molecule has 3 heteroatoms. The number of H-pyrrole nitrogens is 1. The van der Waals surface area contributed by atoms with Gasteiger partial charge < -0.3 is 10.7 Å². The second-order valence-corrected chi connectivity index (χ2v) is 2.05. The van der Waals surface area contributed by atoms with Gasteiger partial charge in [-0.2, -0.15) is 4.39 Å². The summed E-state index contributed by atoms with van der Waals surface area (Å²) in [6, 6.07) is 2.88. The van der Waals surface area contributed by atoms with E-state index in [4.69, 9.17) is 5.73 Å². The summed E-state index contributed by atoms with van der Waals surface area (Å²) in [5.41, 5.74) is 6.16. The van der Waals surface area contributed by atoms with Crippen LogP contribution in [-0.2, 0) is 0 Å². The lowest BCUT2D eigenvalue weighted by atomic mass is 10.3. The molecule has 1 unspecified atom stereocenters. The van der Waals surface area contributed by atoms with E-state index < -0.39 is 0 Å². The Morgan fingerprint density at radius 3 is 2.56 bits per heavy atom. The minimum Gasteiger partial charge on any atom is -0.334 e. The average Bonchev–Trinajstić information content (AvgIpc) is 2.14. The Bertz CT molecular complexity index is 193. The first kappa shape index (κ1) is 6.29. The maximum absolute atomic E-state index is 12.2. The van der Waals surface area contributed by atoms with Gasteiger partial charge in [-0.1, -0.05) is 0 Å². The van der Waals surface area contributed by atoms with Gasteiger partial charge in [0.05, 0.1) is 0 Å². The summed E-state index contributed by atoms with van der Waals surface area (Å²) in [6.45, 7) is 1.80. The van der Waals surface area contributed by atoms with Crippen LogP contribution in [0.3, 0.4) is 0 Å². The average molecular weight is 128 g/mol. The van der Waals surface area contributed by atoms with Crippen molar-refractivity contribution in [3.63, 3.8) is 0 Å². The van der Waals surface area contributed by atoms with E-state index in [2.05, 4.69) is 4.98 Å². The first-order chi connectivity index (χ1) is 4.20. The molecule has 0 aliphatic carbocycles. The van der Waals surface area contributed by atoms with Crippen molar-refractivity contribution in [3.8, 4) is 0 Å². The maximum atomic E-state index is 12.2. The van der Waals surface area contributed by atoms with E-state index in [9.17, 15) is 4.39 Å². The van der Waals surface area contributed by atoms with Crippen LogP contribution in [0.15, 0.2) is 12.1 Å². The van der Waals surface area contributed by atoms with Crippen LogP contribution in [0.1, 0.15) is 18.7 Å². The van der Waals surface area contributed by atoms with Crippen LogP contribution in [0.5, 0.6) is 0 Å². The molecule has 9 heavy (non-hydrogen) atoms. The molecule has 0 fully saturated rings. The lowest BCUT2D eigenvalue weighted by molar-refractivity contribution is 0.582. The lowest BCUT2D eigenvalue weighted by Gasteiger charge is -1.97. The highest BCUT2D eigenvalue weighted by molar-refractivity contribution is 5.08. The second-order valence-electron chi connectivity index (χ2n) is 2.05. The Morgan fingerprint density at radius 2 is 2.33 bits per heavy atom. The van der Waals surface area contributed by atoms with Gasteiger partial charge in [0.2, 0.25) is 0 Å². The molecule has 0 saturated heterocycles. The van der Waals surface area contributed by atoms with Crippen molar-refractivity contribution in [2.75, 3.05) is 0 Å². The summed E-state index contributed by atoms with van der Waals surface area (Å²) in [7, 11) is 0. The molecule has 0 bridgehead atoms. The van der Waals surface area contributed by atoms with Gasteiger partial charge >= 0.3 is 0 Å². The maximum Gasteiger partial charge on any atom is 0.191 e. The number of aromatic nitrogens is 1. The van der Waals surface area contributed by atoms with Crippen molar-refractivity contribution in [1.29, 1.82) is 0 Å². The number of hydrogen-bond acceptors (Lipinski definition) is 1. The third-order valence-corrected chi connectivity index (χ3v) is 1.16. The van der Waals surface area contributed by atoms with E-state index in [0.717, 1.165) is 5.69 Å². The van der Waals surface area contributed by atoms with Crippen molar-refractivity contribution in [3.05, 3.63) is 23.8 Å². The summed E-state index contributed by atoms with van der Waals surface area (Å²) in [6.07, 6.45) is 0. The summed E-state index contributed by atoms with van der Waals surface area (Å²) in [4.78, 5) is 2.48. The standard InChI is InChI=1S/C6H9FN2/c1-4(8)5-2-3-6(7)9-5/h2-4,9H,8H2,1H3. The topological polar surface area (TPSA) is 41.8 Å². The Kier molecular flexibility index (Phi) is 1.53. The molecular formula is C6H9FN2. The number of hydrogen-bond donors (Lipinski definition) is 2. The third-order valence-electron chi connectivity index (χ3n) is 1.16. The van der Waals surface area contributed by atoms with Crippen LogP contribution in [0.25, 0.3) is 0 Å². The van der Waals surface area contributed by atoms with Crippen molar-refractivity contribution in [2.24, 2.45) is 5.73 Å². The van der Waals surface area contributed by atoms with Crippen LogP contribution in [-0.4, -0.2) is 4.98 Å². The van der Waals surface area contributed by atoms with Crippen LogP contribution in [0.2, 0.25) is 0 Å². The van der Waals surface area contributed by atoms with Gasteiger partial charge in [-0.3, -0.25) is 0 Å². The molecule has 0 aliphatic rings. The predicted molar refractivity (Wildman–Crippen MR) is 33.4 cm³/mol. The fourth-order valence-corrected chi connectivity index (χ4v) is 0.650. The van der Waals surface area contributed by atoms with E-state index in [1.807, 2.05) is 0 Å². The highest BCUT2D eigenvalue weighted by Gasteiger charge is 2.00. The van der Waals surface area contributed by atoms with Crippen LogP contribution in [0, 0.1) is 5.95 Å². The molecule has 1 heterocycles. The van der Waals surface area contributed by atoms with Gasteiger partial charge in [0, 0.05) is 11.7 Å². The zero-order valence-corrected chi connectivity index (χ0v) is 5.19. The Morgan fingerprint density at radius 1 is 1.67 bits per heavy atom. The minimum atomic E-state index is -0.331. The summed E-state index contributed by atoms with van der Waals surface area (Å²) >= 11 is 0. The summed E-state index contributed by atoms with van der Waals surface area (Å²) in [5.74, 6) is -0.331. The van der Waals surface area contributed by atoms with E-state index in [0.29, 0.717) is 0 Å². The molecule has 1 aromatic heterocycles. The van der Waals surface area contributed by atoms with E-state index in [1.54, 1.807) is 13.0 Å². The molecule has 50 valence electrons. The van der Waals surface area contributed by atoms with E-state index in [-0.39, 0.29) is 12.0 Å². The van der Waals surface area contributed by atoms with Crippen molar-refractivity contribution in [2.45, 2.75) is 13.0 Å². The van der Waals surface area contributed by atoms with Crippen LogP contribution < -0.4 is 5.73 Å². The number of aromatic amines is 1. The molecule has 0 saturated carbocycles. The fourth-order valence-electron chi connectivity index (χ4n) is 0.650. The predicted octanol–water partition coefficient (Wildman–Crippen LogP) is 1.17. The highest BCUT2D eigenvalue weighted by atomic mass is 19.1. The Labute approximate surface area is 52.9 Å². The summed E-state index contributed by atoms with van der Waals surface area (Å²) in [5, 5.41) is 0. The number of halogens is 1. The molecule has 3 N–H and O–H groups in total. The van der Waals surface area contributed by atoms with Gasteiger partial charge in [0.25, 0.3) is 0 Å². The molecule has 0 spiro atoms. The molecule has 0 aliphatic heterocycles. The third kappa shape index (κ3) is 1.29. The number of nitrogens with one attached hydrogen (secondary N) is 1. The zero-order chi connectivity index (χ0) is 6.85. The van der Waals surface area contributed by atoms with Crippen LogP contribution in [0.4, 0.5) is 4.39 Å². The fraction of sp³-hybridized carbons (Fsp3) is 0.333. The van der Waals surface area contributed by atoms with Gasteiger partial charge in [-0.05, 0) is 19.1 Å². The normalized spacial score (nSPS) is 13.7. The quantitative estimate of drug-likeness (QED) is 0.585.